The highest BCUT2D eigenvalue weighted by Gasteiger charge is 2.15. The Hall–Kier alpha value is -2.41. The third-order valence-corrected chi connectivity index (χ3v) is 3.22. The summed E-state index contributed by atoms with van der Waals surface area (Å²) in [6.07, 6.45) is 1.57. The number of furan rings is 1. The highest BCUT2D eigenvalue weighted by atomic mass is 16.5. The fourth-order valence-electron chi connectivity index (χ4n) is 2.11. The molecule has 0 atom stereocenters. The molecule has 0 unspecified atom stereocenters. The molecule has 0 N–H and O–H groups in total. The Kier molecular flexibility index (Phi) is 3.57. The van der Waals surface area contributed by atoms with Crippen LogP contribution in [-0.2, 0) is 13.1 Å². The average Bonchev–Trinajstić information content (AvgIpc) is 3.16. The van der Waals surface area contributed by atoms with Crippen molar-refractivity contribution < 1.29 is 13.5 Å². The van der Waals surface area contributed by atoms with Crippen molar-refractivity contribution in [2.75, 3.05) is 7.05 Å². The molecule has 0 bridgehead atoms. The summed E-state index contributed by atoms with van der Waals surface area (Å²) in [7, 11) is 1.98. The first-order valence-corrected chi connectivity index (χ1v) is 6.60. The van der Waals surface area contributed by atoms with Crippen LogP contribution in [0.25, 0.3) is 11.7 Å². The van der Waals surface area contributed by atoms with Gasteiger partial charge in [-0.05, 0) is 33.0 Å². The van der Waals surface area contributed by atoms with Crippen LogP contribution in [0, 0.1) is 13.8 Å². The quantitative estimate of drug-likeness (QED) is 0.713. The van der Waals surface area contributed by atoms with Crippen LogP contribution in [0.1, 0.15) is 22.8 Å². The first-order chi connectivity index (χ1) is 10.1. The molecule has 3 aromatic rings. The normalized spacial score (nSPS) is 11.4. The monoisotopic (exact) mass is 288 g/mol. The van der Waals surface area contributed by atoms with Gasteiger partial charge in [-0.1, -0.05) is 10.3 Å². The molecule has 7 heteroatoms. The van der Waals surface area contributed by atoms with Crippen molar-refractivity contribution in [2.24, 2.45) is 0 Å². The van der Waals surface area contributed by atoms with Crippen LogP contribution < -0.4 is 0 Å². The van der Waals surface area contributed by atoms with Gasteiger partial charge in [0.2, 0.25) is 0 Å². The summed E-state index contributed by atoms with van der Waals surface area (Å²) in [6, 6.07) is 3.56. The van der Waals surface area contributed by atoms with Crippen molar-refractivity contribution in [2.45, 2.75) is 26.9 Å². The zero-order valence-electron chi connectivity index (χ0n) is 12.2. The second kappa shape index (κ2) is 5.53. The van der Waals surface area contributed by atoms with Gasteiger partial charge in [-0.3, -0.25) is 4.90 Å². The Balaban J connectivity index is 1.67. The lowest BCUT2D eigenvalue weighted by atomic mass is 10.2. The van der Waals surface area contributed by atoms with E-state index in [1.807, 2.05) is 20.9 Å². The van der Waals surface area contributed by atoms with Crippen LogP contribution in [0.2, 0.25) is 0 Å². The summed E-state index contributed by atoms with van der Waals surface area (Å²) >= 11 is 0. The second-order valence-electron chi connectivity index (χ2n) is 4.97. The molecule has 0 aliphatic rings. The molecule has 110 valence electrons. The molecule has 3 rings (SSSR count). The molecule has 0 aliphatic heterocycles. The summed E-state index contributed by atoms with van der Waals surface area (Å²) in [5.41, 5.74) is 2.00. The van der Waals surface area contributed by atoms with E-state index in [4.69, 9.17) is 13.5 Å². The topological polar surface area (TPSA) is 81.3 Å². The molecule has 0 radical (unpaired) electrons. The number of nitrogens with zero attached hydrogens (tertiary/aromatic N) is 4. The number of aromatic nitrogens is 3. The molecule has 0 saturated carbocycles. The molecule has 0 aliphatic carbocycles. The van der Waals surface area contributed by atoms with E-state index in [0.717, 1.165) is 17.0 Å². The highest BCUT2D eigenvalue weighted by molar-refractivity contribution is 5.42. The predicted molar refractivity (Wildman–Crippen MR) is 73.1 cm³/mol. The minimum absolute atomic E-state index is 0.390. The molecule has 0 spiro atoms. The number of hydrogen-bond donors (Lipinski definition) is 0. The van der Waals surface area contributed by atoms with E-state index in [0.29, 0.717) is 30.6 Å². The van der Waals surface area contributed by atoms with Gasteiger partial charge in [-0.25, -0.2) is 0 Å². The zero-order chi connectivity index (χ0) is 14.8. The van der Waals surface area contributed by atoms with Crippen molar-refractivity contribution in [3.8, 4) is 11.7 Å². The average molecular weight is 288 g/mol. The maximum Gasteiger partial charge on any atom is 0.293 e. The van der Waals surface area contributed by atoms with Gasteiger partial charge in [0.25, 0.3) is 5.89 Å². The Bertz CT molecular complexity index is 695. The Morgan fingerprint density at radius 2 is 2.00 bits per heavy atom. The van der Waals surface area contributed by atoms with Crippen LogP contribution in [0.15, 0.2) is 31.9 Å². The van der Waals surface area contributed by atoms with Gasteiger partial charge in [0.05, 0.1) is 18.5 Å². The van der Waals surface area contributed by atoms with Gasteiger partial charge in [-0.2, -0.15) is 4.98 Å². The van der Waals surface area contributed by atoms with Crippen LogP contribution in [0.5, 0.6) is 0 Å². The van der Waals surface area contributed by atoms with Crippen LogP contribution in [0.3, 0.4) is 0 Å². The van der Waals surface area contributed by atoms with E-state index in [9.17, 15) is 0 Å². The molecular weight excluding hydrogens is 272 g/mol. The van der Waals surface area contributed by atoms with Crippen LogP contribution >= 0.6 is 0 Å². The zero-order valence-corrected chi connectivity index (χ0v) is 12.2. The lowest BCUT2D eigenvalue weighted by Crippen LogP contribution is -2.18. The lowest BCUT2D eigenvalue weighted by Gasteiger charge is -2.13. The van der Waals surface area contributed by atoms with Crippen molar-refractivity contribution in [1.29, 1.82) is 0 Å². The van der Waals surface area contributed by atoms with E-state index in [2.05, 4.69) is 20.2 Å². The molecular formula is C14H16N4O3. The summed E-state index contributed by atoms with van der Waals surface area (Å²) in [5.74, 6) is 2.40. The van der Waals surface area contributed by atoms with E-state index < -0.39 is 0 Å². The Morgan fingerprint density at radius 3 is 2.67 bits per heavy atom. The van der Waals surface area contributed by atoms with E-state index in [-0.39, 0.29) is 0 Å². The molecule has 0 amide bonds. The molecule has 3 heterocycles. The summed E-state index contributed by atoms with van der Waals surface area (Å²) in [4.78, 5) is 6.39. The third kappa shape index (κ3) is 2.87. The third-order valence-electron chi connectivity index (χ3n) is 3.22. The molecule has 0 saturated heterocycles. The van der Waals surface area contributed by atoms with Gasteiger partial charge >= 0.3 is 0 Å². The molecule has 21 heavy (non-hydrogen) atoms. The minimum Gasteiger partial charge on any atom is -0.459 e. The summed E-state index contributed by atoms with van der Waals surface area (Å²) in [6.45, 7) is 5.12. The van der Waals surface area contributed by atoms with Crippen molar-refractivity contribution in [3.63, 3.8) is 0 Å². The van der Waals surface area contributed by atoms with Gasteiger partial charge in [0, 0.05) is 12.1 Å². The first kappa shape index (κ1) is 13.6. The van der Waals surface area contributed by atoms with E-state index in [1.165, 1.54) is 0 Å². The number of hydrogen-bond acceptors (Lipinski definition) is 7. The van der Waals surface area contributed by atoms with Gasteiger partial charge in [0.15, 0.2) is 11.6 Å². The number of aryl methyl sites for hydroxylation is 2. The standard InChI is InChI=1S/C14H16N4O3/c1-9-11(10(2)20-16-9)7-18(3)8-13-15-14(21-17-13)12-5-4-6-19-12/h4-6H,7-8H2,1-3H3. The van der Waals surface area contributed by atoms with Crippen molar-refractivity contribution >= 4 is 0 Å². The Morgan fingerprint density at radius 1 is 1.14 bits per heavy atom. The van der Waals surface area contributed by atoms with Gasteiger partial charge in [0.1, 0.15) is 5.76 Å². The summed E-state index contributed by atoms with van der Waals surface area (Å²) < 4.78 is 15.6. The van der Waals surface area contributed by atoms with Crippen molar-refractivity contribution in [1.82, 2.24) is 20.2 Å². The lowest BCUT2D eigenvalue weighted by molar-refractivity contribution is 0.299. The van der Waals surface area contributed by atoms with Gasteiger partial charge < -0.3 is 13.5 Å². The predicted octanol–water partition coefficient (Wildman–Crippen LogP) is 2.57. The highest BCUT2D eigenvalue weighted by Crippen LogP contribution is 2.18. The van der Waals surface area contributed by atoms with Crippen LogP contribution in [-0.4, -0.2) is 27.2 Å². The molecule has 0 aromatic carbocycles. The summed E-state index contributed by atoms with van der Waals surface area (Å²) in [5, 5.41) is 7.91. The maximum atomic E-state index is 5.22. The Labute approximate surface area is 121 Å². The largest absolute Gasteiger partial charge is 0.459 e. The SMILES string of the molecule is Cc1noc(C)c1CN(C)Cc1noc(-c2ccco2)n1. The van der Waals surface area contributed by atoms with Gasteiger partial charge in [-0.15, -0.1) is 0 Å². The number of rotatable bonds is 5. The molecule has 0 fully saturated rings. The maximum absolute atomic E-state index is 5.22. The van der Waals surface area contributed by atoms with Crippen molar-refractivity contribution in [3.05, 3.63) is 41.2 Å². The fraction of sp³-hybridized carbons (Fsp3) is 0.357. The molecule has 3 aromatic heterocycles. The fourth-order valence-corrected chi connectivity index (χ4v) is 2.11. The van der Waals surface area contributed by atoms with E-state index >= 15 is 0 Å². The molecule has 7 nitrogen and oxygen atoms in total. The van der Waals surface area contributed by atoms with E-state index in [1.54, 1.807) is 18.4 Å². The minimum atomic E-state index is 0.390. The first-order valence-electron chi connectivity index (χ1n) is 6.60. The second-order valence-corrected chi connectivity index (χ2v) is 4.97. The smallest absolute Gasteiger partial charge is 0.293 e. The van der Waals surface area contributed by atoms with Crippen LogP contribution in [0.4, 0.5) is 0 Å².